The van der Waals surface area contributed by atoms with E-state index < -0.39 is 22.8 Å². The topological polar surface area (TPSA) is 68.2 Å². The van der Waals surface area contributed by atoms with Crippen LogP contribution in [0.2, 0.25) is 5.02 Å². The summed E-state index contributed by atoms with van der Waals surface area (Å²) in [5, 5.41) is 18.7. The lowest BCUT2D eigenvalue weighted by molar-refractivity contribution is -0.117. The van der Waals surface area contributed by atoms with E-state index in [0.717, 1.165) is 0 Å². The van der Waals surface area contributed by atoms with E-state index in [1.807, 2.05) is 13.8 Å². The Balaban J connectivity index is 2.37. The number of nitrogens with zero attached hydrogens (tertiary/aromatic N) is 3. The van der Waals surface area contributed by atoms with Crippen molar-refractivity contribution < 1.29 is 14.4 Å². The van der Waals surface area contributed by atoms with E-state index in [2.05, 4.69) is 10.4 Å². The Morgan fingerprint density at radius 3 is 2.88 bits per heavy atom. The van der Waals surface area contributed by atoms with Crippen LogP contribution in [0.25, 0.3) is 0 Å². The molecule has 2 amide bonds. The molecule has 0 unspecified atom stereocenters. The normalized spacial score (nSPS) is 19.8. The number of urea groups is 1. The van der Waals surface area contributed by atoms with Gasteiger partial charge in [0, 0.05) is 12.6 Å². The molecule has 0 aromatic heterocycles. The van der Waals surface area contributed by atoms with Gasteiger partial charge in [0.1, 0.15) is 5.82 Å². The first-order valence-corrected chi connectivity index (χ1v) is 8.49. The SMILES string of the molecule is CNC(=O)N(O)[C@H]1N(/N=C\c2c(F)cccc2Cl)C(=S)SC1(C)C. The van der Waals surface area contributed by atoms with Gasteiger partial charge in [-0.25, -0.2) is 14.2 Å². The molecule has 0 aliphatic carbocycles. The summed E-state index contributed by atoms with van der Waals surface area (Å²) < 4.78 is 13.6. The van der Waals surface area contributed by atoms with Crippen molar-refractivity contribution in [2.45, 2.75) is 24.8 Å². The van der Waals surface area contributed by atoms with Crippen LogP contribution in [-0.2, 0) is 0 Å². The summed E-state index contributed by atoms with van der Waals surface area (Å²) in [6.07, 6.45) is 0.355. The van der Waals surface area contributed by atoms with E-state index in [1.54, 1.807) is 0 Å². The number of carbonyl (C=O) groups is 1. The zero-order chi connectivity index (χ0) is 18.1. The molecule has 1 atom stereocenters. The van der Waals surface area contributed by atoms with Crippen molar-refractivity contribution in [3.63, 3.8) is 0 Å². The van der Waals surface area contributed by atoms with E-state index in [1.165, 1.54) is 48.2 Å². The molecular formula is C14H16ClFN4O2S2. The van der Waals surface area contributed by atoms with Crippen LogP contribution < -0.4 is 5.32 Å². The second-order valence-corrected chi connectivity index (χ2v) is 8.16. The first-order chi connectivity index (χ1) is 11.2. The van der Waals surface area contributed by atoms with Crippen LogP contribution in [-0.4, -0.2) is 49.8 Å². The van der Waals surface area contributed by atoms with Gasteiger partial charge >= 0.3 is 6.03 Å². The van der Waals surface area contributed by atoms with Gasteiger partial charge in [-0.3, -0.25) is 5.21 Å². The number of amides is 2. The minimum atomic E-state index is -0.864. The van der Waals surface area contributed by atoms with E-state index in [0.29, 0.717) is 9.38 Å². The Morgan fingerprint density at radius 1 is 1.62 bits per heavy atom. The first kappa shape index (κ1) is 18.9. The van der Waals surface area contributed by atoms with Crippen molar-refractivity contribution in [2.24, 2.45) is 5.10 Å². The number of hydroxylamine groups is 2. The van der Waals surface area contributed by atoms with E-state index in [9.17, 15) is 14.4 Å². The van der Waals surface area contributed by atoms with Crippen molar-refractivity contribution in [3.8, 4) is 0 Å². The van der Waals surface area contributed by atoms with Crippen LogP contribution in [0.5, 0.6) is 0 Å². The number of benzene rings is 1. The second-order valence-electron chi connectivity index (χ2n) is 5.47. The highest BCUT2D eigenvalue weighted by atomic mass is 35.5. The van der Waals surface area contributed by atoms with Gasteiger partial charge in [0.25, 0.3) is 0 Å². The molecule has 2 rings (SSSR count). The summed E-state index contributed by atoms with van der Waals surface area (Å²) in [5.74, 6) is -0.535. The highest BCUT2D eigenvalue weighted by molar-refractivity contribution is 8.24. The first-order valence-electron chi connectivity index (χ1n) is 6.89. The largest absolute Gasteiger partial charge is 0.343 e. The predicted molar refractivity (Wildman–Crippen MR) is 97.0 cm³/mol. The van der Waals surface area contributed by atoms with Crippen molar-refractivity contribution in [1.82, 2.24) is 15.4 Å². The number of rotatable bonds is 3. The second kappa shape index (κ2) is 7.22. The van der Waals surface area contributed by atoms with E-state index >= 15 is 0 Å². The summed E-state index contributed by atoms with van der Waals surface area (Å²) in [4.78, 5) is 11.8. The monoisotopic (exact) mass is 390 g/mol. The molecular weight excluding hydrogens is 375 g/mol. The molecule has 0 saturated carbocycles. The number of hydrazone groups is 1. The molecule has 0 bridgehead atoms. The van der Waals surface area contributed by atoms with Crippen molar-refractivity contribution in [2.75, 3.05) is 7.05 Å². The van der Waals surface area contributed by atoms with Gasteiger partial charge < -0.3 is 5.32 Å². The third kappa shape index (κ3) is 3.64. The molecule has 2 N–H and O–H groups in total. The number of carbonyl (C=O) groups excluding carboxylic acids is 1. The molecule has 1 aliphatic rings. The molecule has 1 aliphatic heterocycles. The molecule has 130 valence electrons. The third-order valence-electron chi connectivity index (χ3n) is 3.36. The Bertz CT molecular complexity index is 681. The van der Waals surface area contributed by atoms with Crippen LogP contribution in [0.15, 0.2) is 23.3 Å². The molecule has 0 radical (unpaired) electrons. The molecule has 6 nitrogen and oxygen atoms in total. The Kier molecular flexibility index (Phi) is 5.69. The maximum absolute atomic E-state index is 13.9. The van der Waals surface area contributed by atoms with Gasteiger partial charge in [-0.1, -0.05) is 41.6 Å². The van der Waals surface area contributed by atoms with E-state index in [-0.39, 0.29) is 10.6 Å². The number of halogens is 2. The molecule has 24 heavy (non-hydrogen) atoms. The van der Waals surface area contributed by atoms with Crippen LogP contribution in [0.4, 0.5) is 9.18 Å². The van der Waals surface area contributed by atoms with Crippen molar-refractivity contribution in [3.05, 3.63) is 34.6 Å². The summed E-state index contributed by atoms with van der Waals surface area (Å²) in [6.45, 7) is 3.62. The van der Waals surface area contributed by atoms with Gasteiger partial charge in [0.05, 0.1) is 16.0 Å². The third-order valence-corrected chi connectivity index (χ3v) is 5.22. The fraction of sp³-hybridized carbons (Fsp3) is 0.357. The lowest BCUT2D eigenvalue weighted by Gasteiger charge is -2.33. The molecule has 10 heteroatoms. The van der Waals surface area contributed by atoms with Crippen LogP contribution >= 0.6 is 35.6 Å². The molecule has 0 spiro atoms. The lowest BCUT2D eigenvalue weighted by atomic mass is 10.1. The summed E-state index contributed by atoms with van der Waals surface area (Å²) in [7, 11) is 1.39. The Hall–Kier alpha value is -1.42. The standard InChI is InChI=1S/C14H16ClFN4O2S2/c1-14(2)11(20(22)12(21)17-3)19(13(23)24-14)18-7-8-9(15)5-4-6-10(8)16/h4-7,11,22H,1-3H3,(H,17,21)/b18-7-/t11-/m1/s1. The maximum atomic E-state index is 13.9. The van der Waals surface area contributed by atoms with Gasteiger partial charge in [-0.05, 0) is 26.0 Å². The predicted octanol–water partition coefficient (Wildman–Crippen LogP) is 3.28. The van der Waals surface area contributed by atoms with Gasteiger partial charge in [-0.15, -0.1) is 0 Å². The number of thioether (sulfide) groups is 1. The average molecular weight is 391 g/mol. The summed E-state index contributed by atoms with van der Waals surface area (Å²) in [5.41, 5.74) is 0.0971. The molecule has 1 fully saturated rings. The van der Waals surface area contributed by atoms with Gasteiger partial charge in [0.15, 0.2) is 10.5 Å². The van der Waals surface area contributed by atoms with Gasteiger partial charge in [0.2, 0.25) is 0 Å². The average Bonchev–Trinajstić information content (AvgIpc) is 2.73. The zero-order valence-corrected chi connectivity index (χ0v) is 15.5. The molecule has 1 aromatic rings. The smallest absolute Gasteiger partial charge is 0.339 e. The highest BCUT2D eigenvalue weighted by Gasteiger charge is 2.49. The number of thiocarbonyl (C=S) groups is 1. The van der Waals surface area contributed by atoms with Crippen LogP contribution in [0, 0.1) is 5.82 Å². The van der Waals surface area contributed by atoms with Crippen molar-refractivity contribution in [1.29, 1.82) is 0 Å². The van der Waals surface area contributed by atoms with Crippen LogP contribution in [0.3, 0.4) is 0 Å². The number of nitrogens with one attached hydrogen (secondary N) is 1. The van der Waals surface area contributed by atoms with Crippen LogP contribution in [0.1, 0.15) is 19.4 Å². The molecule has 1 heterocycles. The fourth-order valence-electron chi connectivity index (χ4n) is 2.21. The maximum Gasteiger partial charge on any atom is 0.343 e. The Morgan fingerprint density at radius 2 is 2.29 bits per heavy atom. The molecule has 1 aromatic carbocycles. The van der Waals surface area contributed by atoms with Crippen molar-refractivity contribution >= 4 is 52.1 Å². The zero-order valence-electron chi connectivity index (χ0n) is 13.2. The molecule has 1 saturated heterocycles. The quantitative estimate of drug-likeness (QED) is 0.359. The lowest BCUT2D eigenvalue weighted by Crippen LogP contribution is -2.55. The number of hydrogen-bond acceptors (Lipinski definition) is 5. The Labute approximate surface area is 153 Å². The fourth-order valence-corrected chi connectivity index (χ4v) is 4.21. The number of hydrogen-bond donors (Lipinski definition) is 2. The minimum absolute atomic E-state index is 0.0971. The minimum Gasteiger partial charge on any atom is -0.339 e. The van der Waals surface area contributed by atoms with Gasteiger partial charge in [-0.2, -0.15) is 10.2 Å². The summed E-state index contributed by atoms with van der Waals surface area (Å²) >= 11 is 12.5. The van der Waals surface area contributed by atoms with E-state index in [4.69, 9.17) is 23.8 Å². The summed E-state index contributed by atoms with van der Waals surface area (Å²) in [6, 6.07) is 3.57. The highest BCUT2D eigenvalue weighted by Crippen LogP contribution is 2.42.